The second kappa shape index (κ2) is 9.19. The molecule has 0 amide bonds. The molecule has 134 valence electrons. The van der Waals surface area contributed by atoms with Gasteiger partial charge < -0.3 is 5.48 Å². The van der Waals surface area contributed by atoms with Crippen LogP contribution >= 0.6 is 15.9 Å². The third-order valence-electron chi connectivity index (χ3n) is 4.15. The smallest absolute Gasteiger partial charge is 0.186 e. The van der Waals surface area contributed by atoms with Gasteiger partial charge in [-0.15, -0.1) is 0 Å². The van der Waals surface area contributed by atoms with Gasteiger partial charge in [0.25, 0.3) is 0 Å². The van der Waals surface area contributed by atoms with Gasteiger partial charge in [-0.3, -0.25) is 4.79 Å². The highest BCUT2D eigenvalue weighted by Crippen LogP contribution is 2.55. The first kappa shape index (κ1) is 20.5. The van der Waals surface area contributed by atoms with E-state index in [0.717, 1.165) is 16.7 Å². The van der Waals surface area contributed by atoms with E-state index in [-0.39, 0.29) is 19.3 Å². The minimum atomic E-state index is -0.668. The SMILES string of the molecule is Cc1cc(C)c(C(=O)PP(c2ccccc2)c2ccccc2)c(C)c1.O. The maximum absolute atomic E-state index is 13.2. The Kier molecular flexibility index (Phi) is 7.23. The summed E-state index contributed by atoms with van der Waals surface area (Å²) in [5.41, 5.74) is 4.57. The summed E-state index contributed by atoms with van der Waals surface area (Å²) in [5.74, 6) is 0. The summed E-state index contributed by atoms with van der Waals surface area (Å²) < 4.78 is 0. The van der Waals surface area contributed by atoms with Crippen molar-refractivity contribution in [2.45, 2.75) is 20.8 Å². The molecule has 0 aliphatic rings. The number of carbonyl (C=O) groups is 1. The highest BCUT2D eigenvalue weighted by Gasteiger charge is 2.21. The molecule has 4 heteroatoms. The van der Waals surface area contributed by atoms with Crippen molar-refractivity contribution in [2.24, 2.45) is 0 Å². The summed E-state index contributed by atoms with van der Waals surface area (Å²) in [4.78, 5) is 13.2. The second-order valence-electron chi connectivity index (χ2n) is 6.22. The molecular weight excluding hydrogens is 358 g/mol. The molecule has 0 radical (unpaired) electrons. The van der Waals surface area contributed by atoms with E-state index >= 15 is 0 Å². The van der Waals surface area contributed by atoms with Crippen molar-refractivity contribution in [1.82, 2.24) is 0 Å². The summed E-state index contributed by atoms with van der Waals surface area (Å²) in [6, 6.07) is 25.1. The number of benzene rings is 3. The zero-order valence-corrected chi connectivity index (χ0v) is 17.2. The van der Waals surface area contributed by atoms with Gasteiger partial charge in [0, 0.05) is 5.56 Å². The molecule has 0 aliphatic carbocycles. The van der Waals surface area contributed by atoms with E-state index in [2.05, 4.69) is 67.6 Å². The second-order valence-corrected chi connectivity index (χ2v) is 10.6. The van der Waals surface area contributed by atoms with Crippen LogP contribution in [0.15, 0.2) is 72.8 Å². The molecule has 0 heterocycles. The molecule has 0 fully saturated rings. The molecule has 3 rings (SSSR count). The molecule has 3 aromatic carbocycles. The first-order valence-electron chi connectivity index (χ1n) is 8.35. The van der Waals surface area contributed by atoms with Gasteiger partial charge in [-0.05, 0) is 58.4 Å². The van der Waals surface area contributed by atoms with Crippen LogP contribution in [0.25, 0.3) is 0 Å². The molecule has 0 bridgehead atoms. The summed E-state index contributed by atoms with van der Waals surface area (Å²) in [5, 5.41) is 2.52. The van der Waals surface area contributed by atoms with Gasteiger partial charge >= 0.3 is 0 Å². The molecule has 3 aromatic rings. The van der Waals surface area contributed by atoms with Crippen molar-refractivity contribution in [3.05, 3.63) is 95.1 Å². The van der Waals surface area contributed by atoms with Crippen molar-refractivity contribution in [2.75, 3.05) is 0 Å². The third-order valence-corrected chi connectivity index (χ3v) is 9.28. The zero-order chi connectivity index (χ0) is 17.8. The van der Waals surface area contributed by atoms with Gasteiger partial charge in [-0.25, -0.2) is 0 Å². The van der Waals surface area contributed by atoms with Gasteiger partial charge in [0.05, 0.1) is 0 Å². The van der Waals surface area contributed by atoms with Crippen molar-refractivity contribution >= 4 is 32.0 Å². The number of carbonyl (C=O) groups excluding carboxylic acids is 1. The van der Waals surface area contributed by atoms with Crippen LogP contribution in [0.5, 0.6) is 0 Å². The lowest BCUT2D eigenvalue weighted by atomic mass is 10.0. The van der Waals surface area contributed by atoms with E-state index in [1.54, 1.807) is 0 Å². The van der Waals surface area contributed by atoms with E-state index in [0.29, 0.717) is 0 Å². The van der Waals surface area contributed by atoms with Crippen LogP contribution in [0, 0.1) is 20.8 Å². The van der Waals surface area contributed by atoms with E-state index < -0.39 is 7.61 Å². The molecule has 0 spiro atoms. The van der Waals surface area contributed by atoms with Crippen LogP contribution in [-0.4, -0.2) is 11.0 Å². The Hall–Kier alpha value is -1.85. The normalized spacial score (nSPS) is 10.9. The summed E-state index contributed by atoms with van der Waals surface area (Å²) in [7, 11) is -0.423. The lowest BCUT2D eigenvalue weighted by Gasteiger charge is -2.19. The molecule has 26 heavy (non-hydrogen) atoms. The molecule has 0 aromatic heterocycles. The fraction of sp³-hybridized carbons (Fsp3) is 0.136. The quantitative estimate of drug-likeness (QED) is 0.593. The largest absolute Gasteiger partial charge is 0.412 e. The van der Waals surface area contributed by atoms with Crippen molar-refractivity contribution in [3.8, 4) is 0 Å². The van der Waals surface area contributed by atoms with E-state index in [4.69, 9.17) is 0 Å². The first-order chi connectivity index (χ1) is 12.1. The fourth-order valence-corrected chi connectivity index (χ4v) is 7.95. The van der Waals surface area contributed by atoms with Gasteiger partial charge in [0.15, 0.2) is 5.52 Å². The van der Waals surface area contributed by atoms with E-state index in [1.165, 1.54) is 16.2 Å². The minimum Gasteiger partial charge on any atom is -0.412 e. The molecule has 0 saturated heterocycles. The van der Waals surface area contributed by atoms with Crippen molar-refractivity contribution in [1.29, 1.82) is 0 Å². The van der Waals surface area contributed by atoms with Crippen LogP contribution in [0.3, 0.4) is 0 Å². The molecule has 1 atom stereocenters. The highest BCUT2D eigenvalue weighted by molar-refractivity contribution is 8.34. The van der Waals surface area contributed by atoms with Crippen LogP contribution in [0.1, 0.15) is 27.0 Å². The Bertz CT molecular complexity index is 815. The minimum absolute atomic E-state index is 0. The number of hydrogen-bond donors (Lipinski definition) is 0. The standard InChI is InChI=1S/C22H22OP2.H2O/c1-16-14-17(2)21(18(3)15-16)22(23)24-25(19-10-6-4-7-11-19)20-12-8-5-9-13-20;/h4-15,24H,1-3H3;1H2. The van der Waals surface area contributed by atoms with Gasteiger partial charge in [-0.1, -0.05) is 78.4 Å². The molecular formula is C22H24O2P2. The predicted octanol–water partition coefficient (Wildman–Crippen LogP) is 4.65. The number of hydrogen-bond acceptors (Lipinski definition) is 1. The summed E-state index contributed by atoms with van der Waals surface area (Å²) >= 11 is 0. The molecule has 2 N–H and O–H groups in total. The third kappa shape index (κ3) is 4.65. The average Bonchev–Trinajstić information content (AvgIpc) is 2.60. The van der Waals surface area contributed by atoms with Crippen LogP contribution in [0.2, 0.25) is 0 Å². The highest BCUT2D eigenvalue weighted by atomic mass is 32.0. The zero-order valence-electron chi connectivity index (χ0n) is 15.3. The lowest BCUT2D eigenvalue weighted by Crippen LogP contribution is -2.10. The van der Waals surface area contributed by atoms with Crippen LogP contribution in [-0.2, 0) is 0 Å². The number of rotatable bonds is 5. The van der Waals surface area contributed by atoms with Crippen LogP contribution in [0.4, 0.5) is 0 Å². The van der Waals surface area contributed by atoms with Crippen molar-refractivity contribution in [3.63, 3.8) is 0 Å². The lowest BCUT2D eigenvalue weighted by molar-refractivity contribution is 0.108. The average molecular weight is 382 g/mol. The Morgan fingerprint density at radius 1 is 0.769 bits per heavy atom. The fourth-order valence-electron chi connectivity index (χ4n) is 3.13. The first-order valence-corrected chi connectivity index (χ1v) is 11.5. The van der Waals surface area contributed by atoms with E-state index in [1.807, 2.05) is 26.0 Å². The van der Waals surface area contributed by atoms with Gasteiger partial charge in [-0.2, -0.15) is 0 Å². The molecule has 2 nitrogen and oxygen atoms in total. The summed E-state index contributed by atoms with van der Waals surface area (Å²) in [6.07, 6.45) is 0. The van der Waals surface area contributed by atoms with Crippen molar-refractivity contribution < 1.29 is 10.3 Å². The Morgan fingerprint density at radius 3 is 1.62 bits per heavy atom. The summed E-state index contributed by atoms with van der Waals surface area (Å²) in [6.45, 7) is 6.17. The monoisotopic (exact) mass is 382 g/mol. The molecule has 0 aliphatic heterocycles. The number of aryl methyl sites for hydroxylation is 3. The Balaban J connectivity index is 0.00000243. The topological polar surface area (TPSA) is 48.6 Å². The van der Waals surface area contributed by atoms with Crippen LogP contribution < -0.4 is 10.6 Å². The Labute approximate surface area is 158 Å². The van der Waals surface area contributed by atoms with E-state index in [9.17, 15) is 4.79 Å². The predicted molar refractivity (Wildman–Crippen MR) is 116 cm³/mol. The molecule has 0 saturated carbocycles. The van der Waals surface area contributed by atoms with Gasteiger partial charge in [0.2, 0.25) is 0 Å². The maximum Gasteiger partial charge on any atom is 0.186 e. The molecule has 1 unspecified atom stereocenters. The Morgan fingerprint density at radius 2 is 1.19 bits per heavy atom. The van der Waals surface area contributed by atoms with Gasteiger partial charge in [0.1, 0.15) is 0 Å². The maximum atomic E-state index is 13.2.